The average Bonchev–Trinajstić information content (AvgIpc) is 3.93. The number of halogens is 3. The number of piperidine rings is 1. The van der Waals surface area contributed by atoms with Crippen molar-refractivity contribution < 1.29 is 28.2 Å². The van der Waals surface area contributed by atoms with Crippen molar-refractivity contribution in [3.63, 3.8) is 0 Å². The van der Waals surface area contributed by atoms with Crippen LogP contribution >= 0.6 is 11.6 Å². The maximum absolute atomic E-state index is 13.4. The van der Waals surface area contributed by atoms with Gasteiger partial charge in [0, 0.05) is 74.2 Å². The molecule has 53 heavy (non-hydrogen) atoms. The van der Waals surface area contributed by atoms with Crippen molar-refractivity contribution in [2.75, 3.05) is 45.9 Å². The highest BCUT2D eigenvalue weighted by Crippen LogP contribution is 2.41. The molecule has 7 rings (SSSR count). The number of amides is 2. The predicted molar refractivity (Wildman–Crippen MR) is 198 cm³/mol. The highest BCUT2D eigenvalue weighted by Gasteiger charge is 2.38. The fourth-order valence-electron chi connectivity index (χ4n) is 7.26. The number of carbonyl (C=O) groups excluding carboxylic acids is 2. The summed E-state index contributed by atoms with van der Waals surface area (Å²) in [6.45, 7) is 2.33. The Hall–Kier alpha value is -4.20. The van der Waals surface area contributed by atoms with E-state index in [-0.39, 0.29) is 36.9 Å². The van der Waals surface area contributed by atoms with Gasteiger partial charge in [-0.3, -0.25) is 28.8 Å². The van der Waals surface area contributed by atoms with Crippen LogP contribution in [-0.4, -0.2) is 98.7 Å². The van der Waals surface area contributed by atoms with Gasteiger partial charge in [0.1, 0.15) is 5.75 Å². The van der Waals surface area contributed by atoms with Gasteiger partial charge in [-0.05, 0) is 75.3 Å². The fourth-order valence-corrected chi connectivity index (χ4v) is 7.53. The molecule has 0 unspecified atom stereocenters. The molecule has 2 N–H and O–H groups in total. The number of carbonyl (C=O) groups is 2. The van der Waals surface area contributed by atoms with Crippen molar-refractivity contribution in [3.8, 4) is 5.75 Å². The zero-order valence-corrected chi connectivity index (χ0v) is 30.4. The molecule has 2 aliphatic heterocycles. The van der Waals surface area contributed by atoms with Gasteiger partial charge in [-0.15, -0.1) is 0 Å². The number of hydrogen-bond donors (Lipinski definition) is 2. The Labute approximate surface area is 311 Å². The molecule has 3 aliphatic rings. The molecule has 4 aromatic rings. The summed E-state index contributed by atoms with van der Waals surface area (Å²) in [6, 6.07) is 12.3. The van der Waals surface area contributed by atoms with Gasteiger partial charge in [0.2, 0.25) is 5.91 Å². The van der Waals surface area contributed by atoms with Crippen LogP contribution in [0.4, 0.5) is 8.78 Å². The molecule has 1 aliphatic carbocycles. The van der Waals surface area contributed by atoms with Crippen LogP contribution < -0.4 is 15.6 Å². The quantitative estimate of drug-likeness (QED) is 0.161. The van der Waals surface area contributed by atoms with Crippen LogP contribution in [0.25, 0.3) is 21.8 Å². The monoisotopic (exact) mass is 750 g/mol. The van der Waals surface area contributed by atoms with Gasteiger partial charge < -0.3 is 20.1 Å². The van der Waals surface area contributed by atoms with Crippen molar-refractivity contribution in [2.45, 2.75) is 81.8 Å². The van der Waals surface area contributed by atoms with Gasteiger partial charge in [-0.25, -0.2) is 13.8 Å². The highest BCUT2D eigenvalue weighted by atomic mass is 35.5. The second-order valence-corrected chi connectivity index (χ2v) is 15.2. The van der Waals surface area contributed by atoms with Crippen LogP contribution in [0.15, 0.2) is 53.6 Å². The zero-order chi connectivity index (χ0) is 37.2. The van der Waals surface area contributed by atoms with E-state index in [0.717, 1.165) is 23.9 Å². The Morgan fingerprint density at radius 3 is 2.53 bits per heavy atom. The maximum atomic E-state index is 13.4. The summed E-state index contributed by atoms with van der Waals surface area (Å²) in [5, 5.41) is 16.2. The molecule has 4 heterocycles. The predicted octanol–water partition coefficient (Wildman–Crippen LogP) is 5.54. The molecule has 14 heteroatoms. The standard InChI is InChI=1S/C39H45ClF2N6O5/c40-31-22-32(26-5-6-26)45-34-20-27(7-9-29(31)34)36(50)43-14-2-1-4-35(49)47-17-11-38(52,12-18-47)23-48-25-44-33-21-28(8-10-30(33)37(48)51)53-19-3-15-46-16-13-39(41,42)24-46/h7-10,20-22,25-26,52H,1-6,11-19,23-24H2,(H,43,50). The van der Waals surface area contributed by atoms with E-state index >= 15 is 0 Å². The third-order valence-corrected chi connectivity index (χ3v) is 10.9. The smallest absolute Gasteiger partial charge is 0.261 e. The lowest BCUT2D eigenvalue weighted by molar-refractivity contribution is -0.136. The minimum Gasteiger partial charge on any atom is -0.493 e. The number of rotatable bonds is 14. The van der Waals surface area contributed by atoms with E-state index < -0.39 is 11.5 Å². The number of unbranched alkanes of at least 4 members (excludes halogenated alkanes) is 1. The Bertz CT molecular complexity index is 2050. The maximum Gasteiger partial charge on any atom is 0.261 e. The Kier molecular flexibility index (Phi) is 11.0. The summed E-state index contributed by atoms with van der Waals surface area (Å²) in [6.07, 6.45) is 6.41. The van der Waals surface area contributed by atoms with Crippen molar-refractivity contribution in [2.24, 2.45) is 0 Å². The molecule has 3 fully saturated rings. The molecular weight excluding hydrogens is 706 g/mol. The number of alkyl halides is 2. The van der Waals surface area contributed by atoms with Gasteiger partial charge in [0.05, 0.1) is 53.1 Å². The molecule has 2 aromatic heterocycles. The van der Waals surface area contributed by atoms with Crippen molar-refractivity contribution in [1.29, 1.82) is 0 Å². The Balaban J connectivity index is 0.823. The van der Waals surface area contributed by atoms with Gasteiger partial charge in [-0.1, -0.05) is 17.7 Å². The second kappa shape index (κ2) is 15.6. The van der Waals surface area contributed by atoms with Crippen LogP contribution in [-0.2, 0) is 11.3 Å². The number of benzene rings is 2. The minimum absolute atomic E-state index is 0.00230. The highest BCUT2D eigenvalue weighted by molar-refractivity contribution is 6.35. The number of ether oxygens (including phenoxy) is 1. The van der Waals surface area contributed by atoms with E-state index in [1.807, 2.05) is 12.1 Å². The van der Waals surface area contributed by atoms with Gasteiger partial charge >= 0.3 is 0 Å². The molecule has 2 amide bonds. The lowest BCUT2D eigenvalue weighted by atomic mass is 9.91. The van der Waals surface area contributed by atoms with E-state index in [9.17, 15) is 28.3 Å². The van der Waals surface area contributed by atoms with E-state index in [1.165, 1.54) is 10.9 Å². The summed E-state index contributed by atoms with van der Waals surface area (Å²) in [4.78, 5) is 51.7. The Morgan fingerprint density at radius 1 is 0.981 bits per heavy atom. The molecule has 282 valence electrons. The number of nitrogens with zero attached hydrogens (tertiary/aromatic N) is 5. The number of aromatic nitrogens is 3. The first kappa shape index (κ1) is 37.1. The van der Waals surface area contributed by atoms with Crippen molar-refractivity contribution in [1.82, 2.24) is 29.7 Å². The first-order valence-corrected chi connectivity index (χ1v) is 18.9. The Morgan fingerprint density at radius 2 is 1.77 bits per heavy atom. The molecular formula is C39H45ClF2N6O5. The van der Waals surface area contributed by atoms with Crippen LogP contribution in [0.2, 0.25) is 5.02 Å². The van der Waals surface area contributed by atoms with Crippen LogP contribution in [0.3, 0.4) is 0 Å². The molecule has 1 saturated carbocycles. The minimum atomic E-state index is -2.61. The lowest BCUT2D eigenvalue weighted by Gasteiger charge is -2.38. The molecule has 0 bridgehead atoms. The normalized spacial score (nSPS) is 18.5. The molecule has 0 atom stereocenters. The van der Waals surface area contributed by atoms with Crippen molar-refractivity contribution >= 4 is 45.2 Å². The van der Waals surface area contributed by atoms with E-state index in [2.05, 4.69) is 10.3 Å². The fraction of sp³-hybridized carbons (Fsp3) is 0.513. The number of likely N-dealkylation sites (tertiary alicyclic amines) is 2. The van der Waals surface area contributed by atoms with E-state index in [1.54, 1.807) is 40.1 Å². The largest absolute Gasteiger partial charge is 0.493 e. The molecule has 11 nitrogen and oxygen atoms in total. The summed E-state index contributed by atoms with van der Waals surface area (Å²) in [7, 11) is 0. The van der Waals surface area contributed by atoms with Crippen LogP contribution in [0, 0.1) is 0 Å². The van der Waals surface area contributed by atoms with Gasteiger partial charge in [0.15, 0.2) is 0 Å². The molecule has 2 aromatic carbocycles. The number of pyridine rings is 1. The molecule has 2 saturated heterocycles. The van der Waals surface area contributed by atoms with Gasteiger partial charge in [-0.2, -0.15) is 0 Å². The number of nitrogens with one attached hydrogen (secondary N) is 1. The molecule has 0 radical (unpaired) electrons. The number of aliphatic hydroxyl groups is 1. The first-order valence-electron chi connectivity index (χ1n) is 18.6. The number of fused-ring (bicyclic) bond motifs is 2. The summed E-state index contributed by atoms with van der Waals surface area (Å²) >= 11 is 6.46. The van der Waals surface area contributed by atoms with Gasteiger partial charge in [0.25, 0.3) is 17.4 Å². The van der Waals surface area contributed by atoms with Crippen molar-refractivity contribution in [3.05, 3.63) is 75.4 Å². The molecule has 0 spiro atoms. The summed E-state index contributed by atoms with van der Waals surface area (Å²) in [5.41, 5.74) is 1.24. The lowest BCUT2D eigenvalue weighted by Crippen LogP contribution is -2.49. The van der Waals surface area contributed by atoms with Crippen LogP contribution in [0.1, 0.15) is 79.8 Å². The number of hydrogen-bond acceptors (Lipinski definition) is 8. The topological polar surface area (TPSA) is 130 Å². The summed E-state index contributed by atoms with van der Waals surface area (Å²) in [5.74, 6) is -1.80. The second-order valence-electron chi connectivity index (χ2n) is 14.8. The SMILES string of the molecule is O=C(NCCCCC(=O)N1CCC(O)(Cn2cnc3cc(OCCCN4CCC(F)(F)C4)ccc3c2=O)CC1)c1ccc2c(Cl)cc(C3CC3)nc2c1. The third kappa shape index (κ3) is 9.13. The van der Waals surface area contributed by atoms with E-state index in [0.29, 0.717) is 117 Å². The zero-order valence-electron chi connectivity index (χ0n) is 29.7. The first-order chi connectivity index (χ1) is 25.5. The van der Waals surface area contributed by atoms with Crippen LogP contribution in [0.5, 0.6) is 5.75 Å². The third-order valence-electron chi connectivity index (χ3n) is 10.6. The van der Waals surface area contributed by atoms with E-state index in [4.69, 9.17) is 21.3 Å². The summed E-state index contributed by atoms with van der Waals surface area (Å²) < 4.78 is 34.0. The average molecular weight is 751 g/mol.